The lowest BCUT2D eigenvalue weighted by atomic mass is 10.3. The molecule has 0 saturated carbocycles. The normalized spacial score (nSPS) is 12.1. The number of rotatable bonds is 2. The van der Waals surface area contributed by atoms with Crippen molar-refractivity contribution in [2.24, 2.45) is 0 Å². The van der Waals surface area contributed by atoms with Crippen molar-refractivity contribution in [2.45, 2.75) is 25.4 Å². The molecule has 0 radical (unpaired) electrons. The second-order valence-electron chi connectivity index (χ2n) is 3.78. The Kier molecular flexibility index (Phi) is 5.49. The molecule has 2 rings (SSSR count). The molecular formula is C11H12F3NO3S2. The molecule has 0 amide bonds. The van der Waals surface area contributed by atoms with Crippen molar-refractivity contribution < 1.29 is 30.7 Å². The van der Waals surface area contributed by atoms with Crippen molar-refractivity contribution in [3.8, 4) is 0 Å². The minimum atomic E-state index is -6.09. The molecule has 0 atom stereocenters. The molecule has 0 aliphatic rings. The fourth-order valence-electron chi connectivity index (χ4n) is 1.39. The van der Waals surface area contributed by atoms with Gasteiger partial charge in [0.2, 0.25) is 11.0 Å². The van der Waals surface area contributed by atoms with Gasteiger partial charge >= 0.3 is 5.51 Å². The van der Waals surface area contributed by atoms with Crippen molar-refractivity contribution >= 4 is 31.7 Å². The number of thiazole rings is 1. The van der Waals surface area contributed by atoms with E-state index in [0.717, 1.165) is 6.54 Å². The van der Waals surface area contributed by atoms with Crippen LogP contribution in [0.2, 0.25) is 0 Å². The third-order valence-corrected chi connectivity index (χ3v) is 3.76. The van der Waals surface area contributed by atoms with Gasteiger partial charge in [-0.05, 0) is 6.07 Å². The molecule has 0 aliphatic carbocycles. The van der Waals surface area contributed by atoms with Crippen LogP contribution in [0.25, 0.3) is 10.2 Å². The zero-order valence-electron chi connectivity index (χ0n) is 10.4. The summed E-state index contributed by atoms with van der Waals surface area (Å²) >= 11 is 1.82. The van der Waals surface area contributed by atoms with Crippen LogP contribution in [0.3, 0.4) is 0 Å². The fourth-order valence-corrected chi connectivity index (χ4v) is 2.31. The van der Waals surface area contributed by atoms with Crippen molar-refractivity contribution in [1.29, 1.82) is 0 Å². The lowest BCUT2D eigenvalue weighted by Gasteiger charge is -2.08. The quantitative estimate of drug-likeness (QED) is 0.484. The summed E-state index contributed by atoms with van der Waals surface area (Å²) in [6, 6.07) is 8.55. The van der Waals surface area contributed by atoms with E-state index in [-0.39, 0.29) is 0 Å². The predicted octanol–water partition coefficient (Wildman–Crippen LogP) is 2.65. The number of para-hydroxylation sites is 1. The minimum absolute atomic E-state index is 1.13. The molecule has 112 valence electrons. The summed E-state index contributed by atoms with van der Waals surface area (Å²) < 4.78 is 62.6. The highest BCUT2D eigenvalue weighted by atomic mass is 32.2. The predicted molar refractivity (Wildman–Crippen MR) is 68.1 cm³/mol. The average molecular weight is 327 g/mol. The van der Waals surface area contributed by atoms with E-state index < -0.39 is 15.6 Å². The monoisotopic (exact) mass is 327 g/mol. The maximum Gasteiger partial charge on any atom is 0.485 e. The summed E-state index contributed by atoms with van der Waals surface area (Å²) in [7, 11) is -6.09. The molecule has 20 heavy (non-hydrogen) atoms. The SMILES string of the molecule is CCC[n+]1csc2ccccc21.O=S(=O)([O-])C(F)(F)F. The van der Waals surface area contributed by atoms with E-state index in [9.17, 15) is 13.2 Å². The van der Waals surface area contributed by atoms with Gasteiger partial charge in [-0.3, -0.25) is 0 Å². The van der Waals surface area contributed by atoms with Gasteiger partial charge in [0.05, 0.1) is 0 Å². The number of aromatic nitrogens is 1. The molecule has 1 aromatic carbocycles. The fraction of sp³-hybridized carbons (Fsp3) is 0.364. The maximum absolute atomic E-state index is 10.7. The van der Waals surface area contributed by atoms with Gasteiger partial charge in [-0.15, -0.1) is 0 Å². The van der Waals surface area contributed by atoms with Crippen LogP contribution in [0.5, 0.6) is 0 Å². The molecule has 0 unspecified atom stereocenters. The largest absolute Gasteiger partial charge is 0.741 e. The van der Waals surface area contributed by atoms with Crippen molar-refractivity contribution in [2.75, 3.05) is 0 Å². The first kappa shape index (κ1) is 16.9. The molecule has 0 N–H and O–H groups in total. The number of fused-ring (bicyclic) bond motifs is 1. The van der Waals surface area contributed by atoms with Gasteiger partial charge in [0.15, 0.2) is 10.1 Å². The zero-order chi connectivity index (χ0) is 15.4. The standard InChI is InChI=1S/C10H12NS.CHF3O3S/c1-2-7-11-8-12-10-6-4-3-5-9(10)11;2-1(3,4)8(5,6)7/h3-6,8H,2,7H2,1H3;(H,5,6,7)/q+1;/p-1. The molecule has 0 spiro atoms. The highest BCUT2D eigenvalue weighted by Crippen LogP contribution is 2.20. The van der Waals surface area contributed by atoms with Crippen LogP contribution in [-0.4, -0.2) is 18.5 Å². The Morgan fingerprint density at radius 1 is 1.30 bits per heavy atom. The van der Waals surface area contributed by atoms with Gasteiger partial charge in [0, 0.05) is 12.5 Å². The summed E-state index contributed by atoms with van der Waals surface area (Å²) in [6.45, 7) is 3.34. The van der Waals surface area contributed by atoms with E-state index in [2.05, 4.69) is 41.3 Å². The van der Waals surface area contributed by atoms with Crippen LogP contribution in [0.4, 0.5) is 13.2 Å². The first-order valence-corrected chi connectivity index (χ1v) is 7.83. The topological polar surface area (TPSA) is 61.1 Å². The van der Waals surface area contributed by atoms with E-state index in [0.29, 0.717) is 0 Å². The van der Waals surface area contributed by atoms with E-state index in [4.69, 9.17) is 13.0 Å². The van der Waals surface area contributed by atoms with Gasteiger partial charge in [-0.2, -0.15) is 17.7 Å². The lowest BCUT2D eigenvalue weighted by molar-refractivity contribution is -0.667. The van der Waals surface area contributed by atoms with Crippen LogP contribution in [-0.2, 0) is 16.7 Å². The number of hydrogen-bond donors (Lipinski definition) is 0. The molecule has 0 bridgehead atoms. The summed E-state index contributed by atoms with van der Waals surface area (Å²) in [5, 5.41) is 0. The van der Waals surface area contributed by atoms with Gasteiger partial charge in [-0.1, -0.05) is 30.4 Å². The first-order valence-electron chi connectivity index (χ1n) is 5.54. The molecule has 0 aliphatic heterocycles. The summed E-state index contributed by atoms with van der Waals surface area (Å²) in [5.41, 5.74) is -2.08. The molecule has 4 nitrogen and oxygen atoms in total. The Morgan fingerprint density at radius 2 is 1.85 bits per heavy atom. The molecule has 0 fully saturated rings. The number of alkyl halides is 3. The van der Waals surface area contributed by atoms with Gasteiger partial charge in [0.1, 0.15) is 11.2 Å². The summed E-state index contributed by atoms with van der Waals surface area (Å²) in [6.07, 6.45) is 1.20. The number of hydrogen-bond acceptors (Lipinski definition) is 4. The lowest BCUT2D eigenvalue weighted by Crippen LogP contribution is -2.30. The third kappa shape index (κ3) is 4.43. The van der Waals surface area contributed by atoms with Crippen molar-refractivity contribution in [3.05, 3.63) is 29.8 Å². The Morgan fingerprint density at radius 3 is 2.35 bits per heavy atom. The number of benzene rings is 1. The number of halogens is 3. The van der Waals surface area contributed by atoms with Crippen molar-refractivity contribution in [3.63, 3.8) is 0 Å². The molecular weight excluding hydrogens is 315 g/mol. The molecule has 9 heteroatoms. The minimum Gasteiger partial charge on any atom is -0.741 e. The summed E-state index contributed by atoms with van der Waals surface area (Å²) in [4.78, 5) is 0. The Hall–Kier alpha value is -1.19. The van der Waals surface area contributed by atoms with Crippen LogP contribution in [0, 0.1) is 0 Å². The highest BCUT2D eigenvalue weighted by molar-refractivity contribution is 7.86. The first-order chi connectivity index (χ1) is 9.17. The third-order valence-electron chi connectivity index (χ3n) is 2.23. The van der Waals surface area contributed by atoms with Gasteiger partial charge in [-0.25, -0.2) is 8.42 Å². The van der Waals surface area contributed by atoms with Gasteiger partial charge < -0.3 is 4.55 Å². The van der Waals surface area contributed by atoms with Crippen LogP contribution in [0.15, 0.2) is 29.8 Å². The molecule has 0 saturated heterocycles. The number of nitrogens with zero attached hydrogens (tertiary/aromatic N) is 1. The van der Waals surface area contributed by atoms with Crippen molar-refractivity contribution in [1.82, 2.24) is 0 Å². The Balaban J connectivity index is 0.000000221. The summed E-state index contributed by atoms with van der Waals surface area (Å²) in [5.74, 6) is 0. The van der Waals surface area contributed by atoms with E-state index in [1.54, 1.807) is 0 Å². The van der Waals surface area contributed by atoms with E-state index >= 15 is 0 Å². The van der Waals surface area contributed by atoms with Gasteiger partial charge in [0.25, 0.3) is 0 Å². The molecule has 1 heterocycles. The molecule has 1 aromatic heterocycles. The molecule has 2 aromatic rings. The van der Waals surface area contributed by atoms with E-state index in [1.807, 2.05) is 11.3 Å². The van der Waals surface area contributed by atoms with E-state index in [1.165, 1.54) is 16.6 Å². The smallest absolute Gasteiger partial charge is 0.485 e. The second-order valence-corrected chi connectivity index (χ2v) is 6.04. The number of aryl methyl sites for hydroxylation is 1. The maximum atomic E-state index is 10.7. The van der Waals surface area contributed by atoms with Crippen LogP contribution >= 0.6 is 11.3 Å². The highest BCUT2D eigenvalue weighted by Gasteiger charge is 2.36. The average Bonchev–Trinajstić information content (AvgIpc) is 2.72. The van der Waals surface area contributed by atoms with Crippen LogP contribution < -0.4 is 4.57 Å². The Bertz CT molecular complexity index is 665. The second kappa shape index (κ2) is 6.51. The zero-order valence-corrected chi connectivity index (χ0v) is 12.1. The Labute approximate surface area is 118 Å². The van der Waals surface area contributed by atoms with Crippen LogP contribution in [0.1, 0.15) is 13.3 Å².